The van der Waals surface area contributed by atoms with Crippen LogP contribution in [0.15, 0.2) is 46.3 Å². The smallest absolute Gasteiger partial charge is 0.270 e. The van der Waals surface area contributed by atoms with Gasteiger partial charge in [0.2, 0.25) is 5.95 Å². The van der Waals surface area contributed by atoms with Crippen LogP contribution in [0, 0.1) is 32.1 Å². The lowest BCUT2D eigenvalue weighted by molar-refractivity contribution is 0.408. The van der Waals surface area contributed by atoms with Crippen molar-refractivity contribution in [2.75, 3.05) is 12.5 Å². The summed E-state index contributed by atoms with van der Waals surface area (Å²) in [5.41, 5.74) is 7.20. The molecule has 7 heteroatoms. The van der Waals surface area contributed by atoms with Crippen molar-refractivity contribution in [3.05, 3.63) is 74.6 Å². The second-order valence-electron chi connectivity index (χ2n) is 6.55. The quantitative estimate of drug-likeness (QED) is 0.513. The number of nitriles is 1. The molecule has 2 N–H and O–H groups in total. The lowest BCUT2D eigenvalue weighted by Crippen LogP contribution is -2.16. The Kier molecular flexibility index (Phi) is 5.74. The maximum Gasteiger partial charge on any atom is 0.270 e. The van der Waals surface area contributed by atoms with Gasteiger partial charge >= 0.3 is 0 Å². The molecule has 1 heterocycles. The lowest BCUT2D eigenvalue weighted by Gasteiger charge is -2.13. The number of aromatic nitrogens is 2. The van der Waals surface area contributed by atoms with Gasteiger partial charge in [-0.2, -0.15) is 10.4 Å². The number of aryl methyl sites for hydroxylation is 1. The average molecular weight is 387 g/mol. The van der Waals surface area contributed by atoms with Crippen LogP contribution in [0.1, 0.15) is 27.8 Å². The molecule has 0 aliphatic heterocycles. The predicted octanol–water partition coefficient (Wildman–Crippen LogP) is 3.69. The normalized spacial score (nSPS) is 10.7. The molecule has 3 aromatic rings. The highest BCUT2D eigenvalue weighted by Crippen LogP contribution is 2.27. The molecule has 0 saturated heterocycles. The molecule has 0 saturated carbocycles. The number of nitrogens with zero attached hydrogens (tertiary/aromatic N) is 3. The SMILES string of the molecule is COc1c(C)cc(C=NNc2nc(-c3ccccc3)c(C#N)c(=O)[nH]2)c(C)c1C. The van der Waals surface area contributed by atoms with Crippen molar-refractivity contribution in [2.45, 2.75) is 20.8 Å². The lowest BCUT2D eigenvalue weighted by atomic mass is 9.99. The summed E-state index contributed by atoms with van der Waals surface area (Å²) in [7, 11) is 1.65. The Morgan fingerprint density at radius 3 is 2.59 bits per heavy atom. The number of ether oxygens (including phenoxy) is 1. The molecular formula is C22H21N5O2. The molecule has 0 aliphatic rings. The first kappa shape index (κ1) is 19.8. The first-order valence-corrected chi connectivity index (χ1v) is 9.00. The molecule has 0 unspecified atom stereocenters. The van der Waals surface area contributed by atoms with E-state index in [1.807, 2.05) is 51.1 Å². The minimum Gasteiger partial charge on any atom is -0.496 e. The second-order valence-corrected chi connectivity index (χ2v) is 6.55. The zero-order valence-electron chi connectivity index (χ0n) is 16.7. The van der Waals surface area contributed by atoms with Gasteiger partial charge in [0.15, 0.2) is 0 Å². The summed E-state index contributed by atoms with van der Waals surface area (Å²) in [6.45, 7) is 5.97. The molecule has 3 rings (SSSR count). The number of rotatable bonds is 5. The zero-order chi connectivity index (χ0) is 21.0. The summed E-state index contributed by atoms with van der Waals surface area (Å²) in [4.78, 5) is 19.2. The number of methoxy groups -OCH3 is 1. The minimum absolute atomic E-state index is 0.0389. The summed E-state index contributed by atoms with van der Waals surface area (Å²) in [6.07, 6.45) is 1.66. The first-order chi connectivity index (χ1) is 14.0. The van der Waals surface area contributed by atoms with Crippen molar-refractivity contribution in [1.29, 1.82) is 5.26 Å². The van der Waals surface area contributed by atoms with Gasteiger partial charge in [0.05, 0.1) is 19.0 Å². The van der Waals surface area contributed by atoms with Crippen LogP contribution in [0.5, 0.6) is 5.75 Å². The van der Waals surface area contributed by atoms with Gasteiger partial charge < -0.3 is 4.74 Å². The number of aromatic amines is 1. The zero-order valence-corrected chi connectivity index (χ0v) is 16.7. The average Bonchev–Trinajstić information content (AvgIpc) is 2.72. The van der Waals surface area contributed by atoms with Crippen LogP contribution in [-0.4, -0.2) is 23.3 Å². The van der Waals surface area contributed by atoms with E-state index in [0.29, 0.717) is 11.3 Å². The number of hydrazone groups is 1. The van der Waals surface area contributed by atoms with E-state index in [2.05, 4.69) is 20.5 Å². The summed E-state index contributed by atoms with van der Waals surface area (Å²) < 4.78 is 5.44. The van der Waals surface area contributed by atoms with Gasteiger partial charge in [-0.25, -0.2) is 10.4 Å². The molecule has 2 aromatic carbocycles. The van der Waals surface area contributed by atoms with Crippen LogP contribution in [0.4, 0.5) is 5.95 Å². The van der Waals surface area contributed by atoms with Gasteiger partial charge in [0.25, 0.3) is 5.56 Å². The van der Waals surface area contributed by atoms with Crippen LogP contribution in [-0.2, 0) is 0 Å². The fourth-order valence-electron chi connectivity index (χ4n) is 3.14. The maximum atomic E-state index is 12.3. The van der Waals surface area contributed by atoms with Crippen molar-refractivity contribution in [2.24, 2.45) is 5.10 Å². The van der Waals surface area contributed by atoms with Crippen LogP contribution in [0.3, 0.4) is 0 Å². The van der Waals surface area contributed by atoms with Crippen LogP contribution in [0.2, 0.25) is 0 Å². The molecular weight excluding hydrogens is 366 g/mol. The Hall–Kier alpha value is -3.92. The molecule has 0 fully saturated rings. The predicted molar refractivity (Wildman–Crippen MR) is 113 cm³/mol. The molecule has 29 heavy (non-hydrogen) atoms. The Bertz CT molecular complexity index is 1170. The van der Waals surface area contributed by atoms with E-state index in [1.54, 1.807) is 25.5 Å². The monoisotopic (exact) mass is 387 g/mol. The Labute approximate surface area is 168 Å². The molecule has 0 spiro atoms. The molecule has 0 radical (unpaired) electrons. The molecule has 146 valence electrons. The summed E-state index contributed by atoms with van der Waals surface area (Å²) in [6, 6.07) is 13.0. The van der Waals surface area contributed by atoms with E-state index in [-0.39, 0.29) is 11.5 Å². The van der Waals surface area contributed by atoms with Crippen LogP contribution >= 0.6 is 0 Å². The largest absolute Gasteiger partial charge is 0.496 e. The number of hydrogen-bond donors (Lipinski definition) is 2. The Morgan fingerprint density at radius 1 is 1.21 bits per heavy atom. The molecule has 0 amide bonds. The van der Waals surface area contributed by atoms with E-state index in [1.165, 1.54) is 0 Å². The summed E-state index contributed by atoms with van der Waals surface area (Å²) in [5, 5.41) is 13.5. The van der Waals surface area contributed by atoms with Gasteiger partial charge in [-0.05, 0) is 49.1 Å². The fraction of sp³-hybridized carbons (Fsp3) is 0.182. The van der Waals surface area contributed by atoms with Gasteiger partial charge in [-0.15, -0.1) is 0 Å². The van der Waals surface area contributed by atoms with E-state index < -0.39 is 5.56 Å². The minimum atomic E-state index is -0.522. The van der Waals surface area contributed by atoms with Gasteiger partial charge in [0, 0.05) is 5.56 Å². The molecule has 7 nitrogen and oxygen atoms in total. The van der Waals surface area contributed by atoms with E-state index in [9.17, 15) is 10.1 Å². The van der Waals surface area contributed by atoms with E-state index in [0.717, 1.165) is 28.0 Å². The highest BCUT2D eigenvalue weighted by atomic mass is 16.5. The van der Waals surface area contributed by atoms with Gasteiger partial charge in [-0.3, -0.25) is 9.78 Å². The molecule has 0 atom stereocenters. The number of H-pyrrole nitrogens is 1. The number of anilines is 1. The molecule has 0 aliphatic carbocycles. The molecule has 1 aromatic heterocycles. The van der Waals surface area contributed by atoms with Crippen molar-refractivity contribution < 1.29 is 4.74 Å². The first-order valence-electron chi connectivity index (χ1n) is 9.00. The summed E-state index contributed by atoms with van der Waals surface area (Å²) >= 11 is 0. The van der Waals surface area contributed by atoms with Crippen molar-refractivity contribution >= 4 is 12.2 Å². The second kappa shape index (κ2) is 8.40. The third-order valence-electron chi connectivity index (χ3n) is 4.72. The van der Waals surface area contributed by atoms with E-state index in [4.69, 9.17) is 4.74 Å². The fourth-order valence-corrected chi connectivity index (χ4v) is 3.14. The van der Waals surface area contributed by atoms with Crippen molar-refractivity contribution in [3.63, 3.8) is 0 Å². The standard InChI is InChI=1S/C22H21N5O2/c1-13-10-17(14(2)15(3)20(13)29-4)12-24-27-22-25-19(16-8-6-5-7-9-16)18(11-23)21(28)26-22/h5-10,12H,1-4H3,(H2,25,26,27,28). The van der Waals surface area contributed by atoms with Crippen LogP contribution < -0.4 is 15.7 Å². The third-order valence-corrected chi connectivity index (χ3v) is 4.72. The van der Waals surface area contributed by atoms with Crippen molar-refractivity contribution in [3.8, 4) is 23.1 Å². The maximum absolute atomic E-state index is 12.3. The van der Waals surface area contributed by atoms with Gasteiger partial charge in [0.1, 0.15) is 17.4 Å². The number of hydrogen-bond acceptors (Lipinski definition) is 6. The van der Waals surface area contributed by atoms with Gasteiger partial charge in [-0.1, -0.05) is 30.3 Å². The molecule has 0 bridgehead atoms. The Morgan fingerprint density at radius 2 is 1.93 bits per heavy atom. The summed E-state index contributed by atoms with van der Waals surface area (Å²) in [5.74, 6) is 1.02. The van der Waals surface area contributed by atoms with Crippen LogP contribution in [0.25, 0.3) is 11.3 Å². The third kappa shape index (κ3) is 4.01. The highest BCUT2D eigenvalue weighted by Gasteiger charge is 2.13. The number of benzene rings is 2. The number of nitrogens with one attached hydrogen (secondary N) is 2. The highest BCUT2D eigenvalue weighted by molar-refractivity contribution is 5.84. The topological polar surface area (TPSA) is 103 Å². The Balaban J connectivity index is 1.94. The van der Waals surface area contributed by atoms with Crippen molar-refractivity contribution in [1.82, 2.24) is 9.97 Å². The van der Waals surface area contributed by atoms with E-state index >= 15 is 0 Å².